The van der Waals surface area contributed by atoms with Crippen molar-refractivity contribution in [3.63, 3.8) is 0 Å². The molecule has 1 heterocycles. The van der Waals surface area contributed by atoms with E-state index in [1.54, 1.807) is 19.6 Å². The van der Waals surface area contributed by atoms with Gasteiger partial charge in [0, 0.05) is 17.4 Å². The minimum atomic E-state index is 0.676. The van der Waals surface area contributed by atoms with Crippen molar-refractivity contribution in [3.8, 4) is 5.75 Å². The predicted molar refractivity (Wildman–Crippen MR) is 71.8 cm³/mol. The van der Waals surface area contributed by atoms with Gasteiger partial charge in [0.1, 0.15) is 12.1 Å². The molecule has 0 spiro atoms. The molecule has 0 atom stereocenters. The first kappa shape index (κ1) is 12.4. The van der Waals surface area contributed by atoms with Crippen molar-refractivity contribution < 1.29 is 4.74 Å². The Bertz CT molecular complexity index is 526. The quantitative estimate of drug-likeness (QED) is 0.897. The third-order valence-corrected chi connectivity index (χ3v) is 2.91. The van der Waals surface area contributed by atoms with Crippen molar-refractivity contribution in [2.24, 2.45) is 0 Å². The van der Waals surface area contributed by atoms with Crippen molar-refractivity contribution in [2.45, 2.75) is 20.4 Å². The zero-order chi connectivity index (χ0) is 13.0. The van der Waals surface area contributed by atoms with E-state index in [9.17, 15) is 0 Å². The van der Waals surface area contributed by atoms with Crippen molar-refractivity contribution in [1.29, 1.82) is 0 Å². The maximum Gasteiger partial charge on any atom is 0.126 e. The first-order valence-corrected chi connectivity index (χ1v) is 5.85. The first-order valence-electron chi connectivity index (χ1n) is 5.85. The molecule has 0 unspecified atom stereocenters. The number of ether oxygens (including phenoxy) is 1. The third kappa shape index (κ3) is 2.59. The van der Waals surface area contributed by atoms with E-state index in [0.717, 1.165) is 28.3 Å². The Kier molecular flexibility index (Phi) is 3.77. The summed E-state index contributed by atoms with van der Waals surface area (Å²) in [6, 6.07) is 6.01. The van der Waals surface area contributed by atoms with E-state index in [2.05, 4.69) is 21.4 Å². The van der Waals surface area contributed by atoms with Crippen LogP contribution in [0.3, 0.4) is 0 Å². The Morgan fingerprint density at radius 3 is 2.72 bits per heavy atom. The summed E-state index contributed by atoms with van der Waals surface area (Å²) in [4.78, 5) is 8.08. The number of aromatic nitrogens is 2. The molecule has 0 aliphatic rings. The van der Waals surface area contributed by atoms with Crippen LogP contribution in [-0.4, -0.2) is 17.1 Å². The number of anilines is 1. The molecule has 4 heteroatoms. The van der Waals surface area contributed by atoms with E-state index < -0.39 is 0 Å². The van der Waals surface area contributed by atoms with Crippen LogP contribution in [0.15, 0.2) is 30.7 Å². The number of hydrogen-bond acceptors (Lipinski definition) is 4. The molecule has 0 aliphatic carbocycles. The fraction of sp³-hybridized carbons (Fsp3) is 0.286. The molecule has 18 heavy (non-hydrogen) atoms. The molecule has 1 aromatic heterocycles. The fourth-order valence-corrected chi connectivity index (χ4v) is 1.94. The van der Waals surface area contributed by atoms with E-state index in [1.807, 2.05) is 26.0 Å². The van der Waals surface area contributed by atoms with Gasteiger partial charge in [0.25, 0.3) is 0 Å². The summed E-state index contributed by atoms with van der Waals surface area (Å²) in [5, 5.41) is 3.36. The average molecular weight is 243 g/mol. The van der Waals surface area contributed by atoms with Gasteiger partial charge in [0.2, 0.25) is 0 Å². The van der Waals surface area contributed by atoms with E-state index in [0.29, 0.717) is 6.54 Å². The number of methoxy groups -OCH3 is 1. The zero-order valence-electron chi connectivity index (χ0n) is 10.9. The van der Waals surface area contributed by atoms with E-state index >= 15 is 0 Å². The summed E-state index contributed by atoms with van der Waals surface area (Å²) in [5.74, 6) is 0.933. The van der Waals surface area contributed by atoms with Crippen LogP contribution in [0.2, 0.25) is 0 Å². The number of nitrogens with zero attached hydrogens (tertiary/aromatic N) is 2. The lowest BCUT2D eigenvalue weighted by atomic mass is 10.1. The summed E-state index contributed by atoms with van der Waals surface area (Å²) in [6.45, 7) is 4.77. The molecule has 0 fully saturated rings. The molecule has 94 valence electrons. The van der Waals surface area contributed by atoms with Crippen LogP contribution in [-0.2, 0) is 6.54 Å². The second kappa shape index (κ2) is 5.49. The van der Waals surface area contributed by atoms with Crippen LogP contribution in [0, 0.1) is 13.8 Å². The highest BCUT2D eigenvalue weighted by molar-refractivity contribution is 5.59. The Labute approximate surface area is 107 Å². The molecule has 0 bridgehead atoms. The smallest absolute Gasteiger partial charge is 0.126 e. The molecule has 0 saturated heterocycles. The Morgan fingerprint density at radius 2 is 2.06 bits per heavy atom. The van der Waals surface area contributed by atoms with Gasteiger partial charge in [0.15, 0.2) is 0 Å². The summed E-state index contributed by atoms with van der Waals surface area (Å²) < 4.78 is 5.40. The molecule has 1 N–H and O–H groups in total. The number of aryl methyl sites for hydroxylation is 1. The van der Waals surface area contributed by atoms with Gasteiger partial charge in [-0.05, 0) is 31.5 Å². The van der Waals surface area contributed by atoms with Crippen molar-refractivity contribution in [1.82, 2.24) is 9.97 Å². The van der Waals surface area contributed by atoms with Crippen molar-refractivity contribution in [3.05, 3.63) is 47.5 Å². The lowest BCUT2D eigenvalue weighted by Crippen LogP contribution is -2.04. The minimum Gasteiger partial charge on any atom is -0.496 e. The van der Waals surface area contributed by atoms with Crippen LogP contribution in [0.1, 0.15) is 16.8 Å². The molecule has 2 rings (SSSR count). The van der Waals surface area contributed by atoms with Crippen LogP contribution < -0.4 is 10.1 Å². The molecule has 0 saturated carbocycles. The Balaban J connectivity index is 2.15. The van der Waals surface area contributed by atoms with Gasteiger partial charge in [-0.25, -0.2) is 9.97 Å². The zero-order valence-corrected chi connectivity index (χ0v) is 10.9. The van der Waals surface area contributed by atoms with Gasteiger partial charge in [-0.15, -0.1) is 0 Å². The maximum absolute atomic E-state index is 5.40. The lowest BCUT2D eigenvalue weighted by molar-refractivity contribution is 0.409. The van der Waals surface area contributed by atoms with Gasteiger partial charge in [-0.3, -0.25) is 0 Å². The largest absolute Gasteiger partial charge is 0.496 e. The Hall–Kier alpha value is -2.10. The Morgan fingerprint density at radius 1 is 1.22 bits per heavy atom. The van der Waals surface area contributed by atoms with Crippen LogP contribution >= 0.6 is 0 Å². The van der Waals surface area contributed by atoms with Crippen molar-refractivity contribution >= 4 is 5.69 Å². The van der Waals surface area contributed by atoms with Crippen LogP contribution in [0.5, 0.6) is 5.75 Å². The molecule has 2 aromatic rings. The molecular weight excluding hydrogens is 226 g/mol. The summed E-state index contributed by atoms with van der Waals surface area (Å²) in [5.41, 5.74) is 4.29. The van der Waals surface area contributed by atoms with Gasteiger partial charge in [-0.2, -0.15) is 0 Å². The van der Waals surface area contributed by atoms with Gasteiger partial charge in [-0.1, -0.05) is 6.07 Å². The first-order chi connectivity index (χ1) is 8.72. The lowest BCUT2D eigenvalue weighted by Gasteiger charge is -2.14. The highest BCUT2D eigenvalue weighted by atomic mass is 16.5. The second-order valence-corrected chi connectivity index (χ2v) is 4.14. The average Bonchev–Trinajstić information content (AvgIpc) is 2.40. The van der Waals surface area contributed by atoms with Gasteiger partial charge in [0.05, 0.1) is 19.3 Å². The van der Waals surface area contributed by atoms with Gasteiger partial charge >= 0.3 is 0 Å². The third-order valence-electron chi connectivity index (χ3n) is 2.91. The minimum absolute atomic E-state index is 0.676. The van der Waals surface area contributed by atoms with Crippen LogP contribution in [0.25, 0.3) is 0 Å². The van der Waals surface area contributed by atoms with E-state index in [1.165, 1.54) is 0 Å². The fourth-order valence-electron chi connectivity index (χ4n) is 1.94. The molecular formula is C14H17N3O. The highest BCUT2D eigenvalue weighted by Gasteiger charge is 2.07. The van der Waals surface area contributed by atoms with Crippen molar-refractivity contribution in [2.75, 3.05) is 12.4 Å². The maximum atomic E-state index is 5.40. The highest BCUT2D eigenvalue weighted by Crippen LogP contribution is 2.29. The van der Waals surface area contributed by atoms with E-state index in [-0.39, 0.29) is 0 Å². The summed E-state index contributed by atoms with van der Waals surface area (Å²) in [7, 11) is 1.70. The van der Waals surface area contributed by atoms with Gasteiger partial charge < -0.3 is 10.1 Å². The molecule has 4 nitrogen and oxygen atoms in total. The molecule has 0 aliphatic heterocycles. The van der Waals surface area contributed by atoms with E-state index in [4.69, 9.17) is 4.74 Å². The number of nitrogens with one attached hydrogen (secondary N) is 1. The molecule has 0 amide bonds. The summed E-state index contributed by atoms with van der Waals surface area (Å²) >= 11 is 0. The number of benzene rings is 1. The topological polar surface area (TPSA) is 47.0 Å². The SMILES string of the molecule is COc1c(C)ccc(NCc2ccncn2)c1C. The normalized spacial score (nSPS) is 10.2. The number of rotatable bonds is 4. The standard InChI is InChI=1S/C14H17N3O/c1-10-4-5-13(11(2)14(10)18-3)16-8-12-6-7-15-9-17-12/h4-7,9,16H,8H2,1-3H3. The van der Waals surface area contributed by atoms with Crippen LogP contribution in [0.4, 0.5) is 5.69 Å². The monoisotopic (exact) mass is 243 g/mol. The molecule has 0 radical (unpaired) electrons. The molecule has 1 aromatic carbocycles. The second-order valence-electron chi connectivity index (χ2n) is 4.14. The summed E-state index contributed by atoms with van der Waals surface area (Å²) in [6.07, 6.45) is 3.30. The predicted octanol–water partition coefficient (Wildman–Crippen LogP) is 2.71. The number of hydrogen-bond donors (Lipinski definition) is 1.